The van der Waals surface area contributed by atoms with Gasteiger partial charge < -0.3 is 5.73 Å². The molecule has 0 amide bonds. The molecule has 0 atom stereocenters. The molecule has 1 aromatic heterocycles. The highest BCUT2D eigenvalue weighted by molar-refractivity contribution is 5.45. The van der Waals surface area contributed by atoms with Crippen LogP contribution in [0.1, 0.15) is 40.3 Å². The van der Waals surface area contributed by atoms with Gasteiger partial charge in [-0.1, -0.05) is 34.6 Å². The van der Waals surface area contributed by atoms with Crippen molar-refractivity contribution in [3.05, 3.63) is 16.0 Å². The Hall–Kier alpha value is -1.19. The highest BCUT2D eigenvalue weighted by atomic mass is 16.1. The van der Waals surface area contributed by atoms with Crippen LogP contribution in [-0.2, 0) is 19.0 Å². The summed E-state index contributed by atoms with van der Waals surface area (Å²) in [6, 6.07) is 0. The van der Waals surface area contributed by atoms with Crippen molar-refractivity contribution >= 4 is 5.69 Å². The molecule has 0 saturated carbocycles. The van der Waals surface area contributed by atoms with Crippen LogP contribution in [0.2, 0.25) is 0 Å². The van der Waals surface area contributed by atoms with E-state index < -0.39 is 0 Å². The first kappa shape index (κ1) is 12.9. The van der Waals surface area contributed by atoms with E-state index in [9.17, 15) is 4.79 Å². The lowest BCUT2D eigenvalue weighted by molar-refractivity contribution is 0.392. The van der Waals surface area contributed by atoms with E-state index in [0.29, 0.717) is 18.2 Å². The smallest absolute Gasteiger partial charge is 0.290 e. The first-order chi connectivity index (χ1) is 7.16. The van der Waals surface area contributed by atoms with Crippen molar-refractivity contribution in [2.24, 2.45) is 13.0 Å². The quantitative estimate of drug-likeness (QED) is 0.833. The van der Waals surface area contributed by atoms with Gasteiger partial charge in [0.25, 0.3) is 5.56 Å². The van der Waals surface area contributed by atoms with Gasteiger partial charge in [0.15, 0.2) is 0 Å². The summed E-state index contributed by atoms with van der Waals surface area (Å²) in [7, 11) is 1.90. The predicted octanol–water partition coefficient (Wildman–Crippen LogP) is 1.72. The molecule has 1 aromatic rings. The van der Waals surface area contributed by atoms with Gasteiger partial charge >= 0.3 is 0 Å². The molecule has 0 unspecified atom stereocenters. The number of rotatable bonds is 2. The molecule has 0 aliphatic carbocycles. The minimum absolute atomic E-state index is 0.0684. The third-order valence-corrected chi connectivity index (χ3v) is 2.65. The Morgan fingerprint density at radius 1 is 1.31 bits per heavy atom. The van der Waals surface area contributed by atoms with E-state index >= 15 is 0 Å². The van der Waals surface area contributed by atoms with Crippen LogP contribution in [0.25, 0.3) is 0 Å². The second kappa shape index (κ2) is 4.00. The fourth-order valence-electron chi connectivity index (χ4n) is 2.11. The summed E-state index contributed by atoms with van der Waals surface area (Å²) in [4.78, 5) is 12.0. The summed E-state index contributed by atoms with van der Waals surface area (Å²) >= 11 is 0. The Kier molecular flexibility index (Phi) is 3.22. The van der Waals surface area contributed by atoms with Crippen LogP contribution < -0.4 is 11.3 Å². The molecular formula is C12H23N3O. The largest absolute Gasteiger partial charge is 0.393 e. The molecule has 0 radical (unpaired) electrons. The van der Waals surface area contributed by atoms with Crippen LogP contribution >= 0.6 is 0 Å². The standard InChI is InChI=1S/C12H23N3O/c1-8(2)7-15-11(16)9(13)10(14(15)6)12(3,4)5/h8H,7,13H2,1-6H3. The third-order valence-electron chi connectivity index (χ3n) is 2.65. The molecule has 0 spiro atoms. The van der Waals surface area contributed by atoms with Crippen molar-refractivity contribution in [2.75, 3.05) is 5.73 Å². The van der Waals surface area contributed by atoms with E-state index in [1.807, 2.05) is 11.7 Å². The van der Waals surface area contributed by atoms with Crippen LogP contribution in [0.3, 0.4) is 0 Å². The molecule has 92 valence electrons. The molecule has 2 N–H and O–H groups in total. The van der Waals surface area contributed by atoms with Crippen molar-refractivity contribution in [3.63, 3.8) is 0 Å². The topological polar surface area (TPSA) is 52.9 Å². The Morgan fingerprint density at radius 2 is 1.81 bits per heavy atom. The van der Waals surface area contributed by atoms with E-state index in [1.54, 1.807) is 4.68 Å². The normalized spacial score (nSPS) is 12.4. The first-order valence-corrected chi connectivity index (χ1v) is 5.72. The van der Waals surface area contributed by atoms with Gasteiger partial charge in [0.2, 0.25) is 0 Å². The molecule has 16 heavy (non-hydrogen) atoms. The summed E-state index contributed by atoms with van der Waals surface area (Å²) in [6.45, 7) is 11.1. The average Bonchev–Trinajstić information content (AvgIpc) is 2.28. The molecule has 1 heterocycles. The van der Waals surface area contributed by atoms with E-state index in [0.717, 1.165) is 5.69 Å². The van der Waals surface area contributed by atoms with Gasteiger partial charge in [-0.15, -0.1) is 0 Å². The van der Waals surface area contributed by atoms with Crippen molar-refractivity contribution in [3.8, 4) is 0 Å². The summed E-state index contributed by atoms with van der Waals surface area (Å²) < 4.78 is 3.62. The summed E-state index contributed by atoms with van der Waals surface area (Å²) in [5.74, 6) is 0.429. The van der Waals surface area contributed by atoms with Gasteiger partial charge in [0.1, 0.15) is 5.69 Å². The predicted molar refractivity (Wildman–Crippen MR) is 67.6 cm³/mol. The zero-order chi connectivity index (χ0) is 12.7. The monoisotopic (exact) mass is 225 g/mol. The number of nitrogen functional groups attached to an aromatic ring is 1. The number of aromatic nitrogens is 2. The summed E-state index contributed by atoms with van der Waals surface area (Å²) in [5, 5.41) is 0. The maximum absolute atomic E-state index is 12.0. The van der Waals surface area contributed by atoms with Crippen LogP contribution in [0.4, 0.5) is 5.69 Å². The number of hydrogen-bond donors (Lipinski definition) is 1. The zero-order valence-corrected chi connectivity index (χ0v) is 11.2. The maximum Gasteiger partial charge on any atom is 0.290 e. The van der Waals surface area contributed by atoms with E-state index in [1.165, 1.54) is 0 Å². The van der Waals surface area contributed by atoms with E-state index in [4.69, 9.17) is 5.73 Å². The molecular weight excluding hydrogens is 202 g/mol. The second-order valence-electron chi connectivity index (χ2n) is 5.82. The van der Waals surface area contributed by atoms with Gasteiger partial charge in [-0.05, 0) is 5.92 Å². The van der Waals surface area contributed by atoms with Crippen LogP contribution in [0, 0.1) is 5.92 Å². The highest BCUT2D eigenvalue weighted by Gasteiger charge is 2.25. The van der Waals surface area contributed by atoms with Gasteiger partial charge in [-0.2, -0.15) is 0 Å². The Bertz CT molecular complexity index is 432. The maximum atomic E-state index is 12.0. The Balaban J connectivity index is 3.40. The third kappa shape index (κ3) is 2.15. The van der Waals surface area contributed by atoms with Crippen molar-refractivity contribution in [1.82, 2.24) is 9.36 Å². The minimum Gasteiger partial charge on any atom is -0.393 e. The van der Waals surface area contributed by atoms with E-state index in [2.05, 4.69) is 34.6 Å². The van der Waals surface area contributed by atoms with Crippen LogP contribution in [0.5, 0.6) is 0 Å². The van der Waals surface area contributed by atoms with Crippen LogP contribution in [-0.4, -0.2) is 9.36 Å². The van der Waals surface area contributed by atoms with Crippen LogP contribution in [0.15, 0.2) is 4.79 Å². The number of hydrogen-bond acceptors (Lipinski definition) is 2. The Morgan fingerprint density at radius 3 is 2.12 bits per heavy atom. The van der Waals surface area contributed by atoms with Crippen molar-refractivity contribution in [2.45, 2.75) is 46.6 Å². The molecule has 0 aliphatic rings. The molecule has 0 fully saturated rings. The summed E-state index contributed by atoms with van der Waals surface area (Å²) in [5.41, 5.74) is 7.03. The fraction of sp³-hybridized carbons (Fsp3) is 0.750. The number of nitrogens with two attached hydrogens (primary N) is 1. The minimum atomic E-state index is -0.111. The summed E-state index contributed by atoms with van der Waals surface area (Å²) in [6.07, 6.45) is 0. The molecule has 0 saturated heterocycles. The molecule has 0 aliphatic heterocycles. The van der Waals surface area contributed by atoms with Gasteiger partial charge in [0, 0.05) is 19.0 Å². The lowest BCUT2D eigenvalue weighted by Crippen LogP contribution is -2.25. The van der Waals surface area contributed by atoms with Gasteiger partial charge in [-0.3, -0.25) is 9.48 Å². The molecule has 4 nitrogen and oxygen atoms in total. The average molecular weight is 225 g/mol. The number of anilines is 1. The molecule has 0 aromatic carbocycles. The van der Waals surface area contributed by atoms with E-state index in [-0.39, 0.29) is 11.0 Å². The van der Waals surface area contributed by atoms with Gasteiger partial charge in [0.05, 0.1) is 5.69 Å². The highest BCUT2D eigenvalue weighted by Crippen LogP contribution is 2.25. The molecule has 0 bridgehead atoms. The van der Waals surface area contributed by atoms with Crippen molar-refractivity contribution in [1.29, 1.82) is 0 Å². The lowest BCUT2D eigenvalue weighted by atomic mass is 9.91. The fourth-order valence-corrected chi connectivity index (χ4v) is 2.11. The molecule has 4 heteroatoms. The Labute approximate surface area is 97.0 Å². The lowest BCUT2D eigenvalue weighted by Gasteiger charge is -2.21. The van der Waals surface area contributed by atoms with Gasteiger partial charge in [-0.25, -0.2) is 4.68 Å². The number of nitrogens with zero attached hydrogens (tertiary/aromatic N) is 2. The SMILES string of the molecule is CC(C)Cn1c(=O)c(N)c(C(C)(C)C)n1C. The zero-order valence-electron chi connectivity index (χ0n) is 11.2. The van der Waals surface area contributed by atoms with Crippen molar-refractivity contribution < 1.29 is 0 Å². The second-order valence-corrected chi connectivity index (χ2v) is 5.82. The first-order valence-electron chi connectivity index (χ1n) is 5.72. The molecule has 1 rings (SSSR count).